The Kier molecular flexibility index (Phi) is 4.87. The molecule has 2 aromatic rings. The number of nitrogens with zero attached hydrogens (tertiary/aromatic N) is 4. The van der Waals surface area contributed by atoms with Crippen molar-refractivity contribution in [3.05, 3.63) is 53.4 Å². The van der Waals surface area contributed by atoms with Crippen LogP contribution in [0.5, 0.6) is 0 Å². The number of carbonyl (C=O) groups excluding carboxylic acids is 1. The molecule has 3 rings (SSSR count). The van der Waals surface area contributed by atoms with E-state index in [1.165, 1.54) is 19.1 Å². The van der Waals surface area contributed by atoms with Crippen LogP contribution in [0.2, 0.25) is 0 Å². The molecule has 132 valence electrons. The summed E-state index contributed by atoms with van der Waals surface area (Å²) < 4.78 is 38.7. The summed E-state index contributed by atoms with van der Waals surface area (Å²) in [5, 5.41) is 0. The quantitative estimate of drug-likeness (QED) is 0.854. The molecule has 1 aliphatic heterocycles. The average Bonchev–Trinajstić information content (AvgIpc) is 2.61. The van der Waals surface area contributed by atoms with Crippen LogP contribution >= 0.6 is 0 Å². The molecule has 1 aromatic heterocycles. The zero-order valence-corrected chi connectivity index (χ0v) is 13.6. The van der Waals surface area contributed by atoms with E-state index in [2.05, 4.69) is 9.97 Å². The van der Waals surface area contributed by atoms with Gasteiger partial charge in [0.1, 0.15) is 23.0 Å². The number of aryl methyl sites for hydroxylation is 1. The second kappa shape index (κ2) is 7.08. The maximum Gasteiger partial charge on any atom is 0.280 e. The second-order valence-electron chi connectivity index (χ2n) is 5.78. The normalized spacial score (nSPS) is 14.9. The Balaban J connectivity index is 1.68. The van der Waals surface area contributed by atoms with E-state index in [0.29, 0.717) is 26.2 Å². The SMILES string of the molecule is Cc1nc(C(=O)N2CCN(c3ccc(F)cc3)CC2)cc(C(F)F)n1. The summed E-state index contributed by atoms with van der Waals surface area (Å²) in [6, 6.07) is 7.21. The van der Waals surface area contributed by atoms with Crippen LogP contribution < -0.4 is 4.90 Å². The molecular weight excluding hydrogens is 333 g/mol. The summed E-state index contributed by atoms with van der Waals surface area (Å²) in [7, 11) is 0. The van der Waals surface area contributed by atoms with Crippen LogP contribution in [0, 0.1) is 12.7 Å². The fourth-order valence-corrected chi connectivity index (χ4v) is 2.79. The van der Waals surface area contributed by atoms with Gasteiger partial charge < -0.3 is 9.80 Å². The number of alkyl halides is 2. The van der Waals surface area contributed by atoms with Crippen molar-refractivity contribution < 1.29 is 18.0 Å². The molecule has 0 aliphatic carbocycles. The summed E-state index contributed by atoms with van der Waals surface area (Å²) in [5.74, 6) is -0.538. The Hall–Kier alpha value is -2.64. The van der Waals surface area contributed by atoms with Gasteiger partial charge in [-0.3, -0.25) is 4.79 Å². The zero-order valence-electron chi connectivity index (χ0n) is 13.6. The predicted octanol–water partition coefficient (Wildman–Crippen LogP) is 2.82. The molecular formula is C17H17F3N4O. The number of halogens is 3. The zero-order chi connectivity index (χ0) is 18.0. The van der Waals surface area contributed by atoms with Crippen molar-refractivity contribution in [2.45, 2.75) is 13.3 Å². The first-order chi connectivity index (χ1) is 11.9. The highest BCUT2D eigenvalue weighted by Crippen LogP contribution is 2.20. The molecule has 8 heteroatoms. The van der Waals surface area contributed by atoms with Crippen molar-refractivity contribution in [2.24, 2.45) is 0 Å². The number of piperazine rings is 1. The van der Waals surface area contributed by atoms with Crippen LogP contribution in [-0.4, -0.2) is 47.0 Å². The van der Waals surface area contributed by atoms with Crippen LogP contribution in [0.3, 0.4) is 0 Å². The van der Waals surface area contributed by atoms with Crippen molar-refractivity contribution in [1.82, 2.24) is 14.9 Å². The number of carbonyl (C=O) groups is 1. The lowest BCUT2D eigenvalue weighted by Crippen LogP contribution is -2.49. The van der Waals surface area contributed by atoms with E-state index in [9.17, 15) is 18.0 Å². The summed E-state index contributed by atoms with van der Waals surface area (Å²) >= 11 is 0. The van der Waals surface area contributed by atoms with Crippen molar-refractivity contribution in [3.63, 3.8) is 0 Å². The molecule has 0 radical (unpaired) electrons. The fourth-order valence-electron chi connectivity index (χ4n) is 2.79. The van der Waals surface area contributed by atoms with Crippen molar-refractivity contribution in [1.29, 1.82) is 0 Å². The van der Waals surface area contributed by atoms with Gasteiger partial charge in [0, 0.05) is 31.9 Å². The van der Waals surface area contributed by atoms with Crippen LogP contribution in [0.15, 0.2) is 30.3 Å². The molecule has 0 N–H and O–H groups in total. The molecule has 1 amide bonds. The van der Waals surface area contributed by atoms with Crippen molar-refractivity contribution in [2.75, 3.05) is 31.1 Å². The van der Waals surface area contributed by atoms with Crippen molar-refractivity contribution >= 4 is 11.6 Å². The molecule has 0 atom stereocenters. The third-order valence-corrected chi connectivity index (χ3v) is 4.06. The molecule has 1 saturated heterocycles. The highest BCUT2D eigenvalue weighted by atomic mass is 19.3. The highest BCUT2D eigenvalue weighted by molar-refractivity contribution is 5.92. The number of anilines is 1. The van der Waals surface area contributed by atoms with Gasteiger partial charge in [-0.05, 0) is 37.3 Å². The van der Waals surface area contributed by atoms with E-state index in [0.717, 1.165) is 11.8 Å². The summed E-state index contributed by atoms with van der Waals surface area (Å²) in [5.41, 5.74) is 0.421. The van der Waals surface area contributed by atoms with Crippen LogP contribution in [0.25, 0.3) is 0 Å². The standard InChI is InChI=1S/C17H17F3N4O/c1-11-21-14(16(19)20)10-15(22-11)17(25)24-8-6-23(7-9-24)13-4-2-12(18)3-5-13/h2-5,10,16H,6-9H2,1H3. The molecule has 25 heavy (non-hydrogen) atoms. The summed E-state index contributed by atoms with van der Waals surface area (Å²) in [4.78, 5) is 23.8. The Morgan fingerprint density at radius 3 is 2.32 bits per heavy atom. The van der Waals surface area contributed by atoms with Crippen LogP contribution in [0.4, 0.5) is 18.9 Å². The number of rotatable bonds is 3. The molecule has 0 spiro atoms. The Morgan fingerprint density at radius 2 is 1.72 bits per heavy atom. The molecule has 1 fully saturated rings. The average molecular weight is 350 g/mol. The van der Waals surface area contributed by atoms with Gasteiger partial charge in [-0.1, -0.05) is 0 Å². The van der Waals surface area contributed by atoms with E-state index in [1.54, 1.807) is 17.0 Å². The first-order valence-corrected chi connectivity index (χ1v) is 7.87. The van der Waals surface area contributed by atoms with Gasteiger partial charge in [-0.2, -0.15) is 0 Å². The topological polar surface area (TPSA) is 49.3 Å². The third-order valence-electron chi connectivity index (χ3n) is 4.06. The van der Waals surface area contributed by atoms with Gasteiger partial charge in [0.15, 0.2) is 0 Å². The molecule has 0 bridgehead atoms. The number of amides is 1. The van der Waals surface area contributed by atoms with E-state index < -0.39 is 12.1 Å². The van der Waals surface area contributed by atoms with Crippen LogP contribution in [0.1, 0.15) is 28.4 Å². The number of benzene rings is 1. The molecule has 1 aromatic carbocycles. The molecule has 5 nitrogen and oxygen atoms in total. The molecule has 0 saturated carbocycles. The smallest absolute Gasteiger partial charge is 0.280 e. The lowest BCUT2D eigenvalue weighted by atomic mass is 10.2. The Morgan fingerprint density at radius 1 is 1.08 bits per heavy atom. The van der Waals surface area contributed by atoms with E-state index in [4.69, 9.17) is 0 Å². The van der Waals surface area contributed by atoms with Gasteiger partial charge in [-0.25, -0.2) is 23.1 Å². The fraction of sp³-hybridized carbons (Fsp3) is 0.353. The lowest BCUT2D eigenvalue weighted by Gasteiger charge is -2.36. The lowest BCUT2D eigenvalue weighted by molar-refractivity contribution is 0.0739. The van der Waals surface area contributed by atoms with Gasteiger partial charge in [-0.15, -0.1) is 0 Å². The van der Waals surface area contributed by atoms with Crippen molar-refractivity contribution in [3.8, 4) is 0 Å². The highest BCUT2D eigenvalue weighted by Gasteiger charge is 2.24. The number of aromatic nitrogens is 2. The minimum Gasteiger partial charge on any atom is -0.368 e. The first kappa shape index (κ1) is 17.2. The van der Waals surface area contributed by atoms with Gasteiger partial charge in [0.25, 0.3) is 12.3 Å². The molecule has 1 aliphatic rings. The maximum atomic E-state index is 13.0. The molecule has 2 heterocycles. The Bertz CT molecular complexity index is 759. The van der Waals surface area contributed by atoms with Gasteiger partial charge >= 0.3 is 0 Å². The largest absolute Gasteiger partial charge is 0.368 e. The second-order valence-corrected chi connectivity index (χ2v) is 5.78. The molecule has 0 unspecified atom stereocenters. The Labute approximate surface area is 143 Å². The van der Waals surface area contributed by atoms with E-state index >= 15 is 0 Å². The summed E-state index contributed by atoms with van der Waals surface area (Å²) in [6.45, 7) is 3.49. The number of hydrogen-bond acceptors (Lipinski definition) is 4. The van der Waals surface area contributed by atoms with E-state index in [-0.39, 0.29) is 23.2 Å². The number of hydrogen-bond donors (Lipinski definition) is 0. The first-order valence-electron chi connectivity index (χ1n) is 7.87. The third kappa shape index (κ3) is 3.89. The monoisotopic (exact) mass is 350 g/mol. The minimum atomic E-state index is -2.75. The maximum absolute atomic E-state index is 13.0. The van der Waals surface area contributed by atoms with Gasteiger partial charge in [0.05, 0.1) is 0 Å². The minimum absolute atomic E-state index is 0.0157. The predicted molar refractivity (Wildman–Crippen MR) is 86.2 cm³/mol. The summed E-state index contributed by atoms with van der Waals surface area (Å²) in [6.07, 6.45) is -2.75. The van der Waals surface area contributed by atoms with Gasteiger partial charge in [0.2, 0.25) is 0 Å². The van der Waals surface area contributed by atoms with Crippen LogP contribution in [-0.2, 0) is 0 Å². The van der Waals surface area contributed by atoms with E-state index in [1.807, 2.05) is 4.90 Å².